The zero-order valence-electron chi connectivity index (χ0n) is 12.9. The summed E-state index contributed by atoms with van der Waals surface area (Å²) in [6.45, 7) is 1.99. The SMILES string of the molecule is COc1ccc(-c2nn(-c3ccc(C(=O)O)cc3)cc2C)cc1. The Bertz CT molecular complexity index is 834. The number of methoxy groups -OCH3 is 1. The van der Waals surface area contributed by atoms with Gasteiger partial charge in [0.2, 0.25) is 0 Å². The van der Waals surface area contributed by atoms with Gasteiger partial charge >= 0.3 is 5.97 Å². The van der Waals surface area contributed by atoms with Crippen LogP contribution in [0.2, 0.25) is 0 Å². The van der Waals surface area contributed by atoms with E-state index in [1.54, 1.807) is 36.1 Å². The van der Waals surface area contributed by atoms with Crippen molar-refractivity contribution < 1.29 is 14.6 Å². The largest absolute Gasteiger partial charge is 0.497 e. The van der Waals surface area contributed by atoms with E-state index in [4.69, 9.17) is 9.84 Å². The predicted octanol–water partition coefficient (Wildman–Crippen LogP) is 3.55. The Balaban J connectivity index is 1.95. The zero-order valence-corrected chi connectivity index (χ0v) is 12.9. The first kappa shape index (κ1) is 14.8. The number of hydrogen-bond acceptors (Lipinski definition) is 3. The Morgan fingerprint density at radius 1 is 1.09 bits per heavy atom. The molecule has 1 aromatic heterocycles. The third kappa shape index (κ3) is 2.94. The second-order valence-corrected chi connectivity index (χ2v) is 5.19. The maximum Gasteiger partial charge on any atom is 0.335 e. The summed E-state index contributed by atoms with van der Waals surface area (Å²) in [6.07, 6.45) is 1.93. The van der Waals surface area contributed by atoms with Gasteiger partial charge in [-0.1, -0.05) is 0 Å². The highest BCUT2D eigenvalue weighted by Gasteiger charge is 2.10. The Kier molecular flexibility index (Phi) is 3.85. The fourth-order valence-corrected chi connectivity index (χ4v) is 2.38. The van der Waals surface area contributed by atoms with E-state index in [0.29, 0.717) is 0 Å². The molecule has 0 amide bonds. The highest BCUT2D eigenvalue weighted by Crippen LogP contribution is 2.25. The summed E-state index contributed by atoms with van der Waals surface area (Å²) in [5.74, 6) is -0.137. The molecule has 3 rings (SSSR count). The Morgan fingerprint density at radius 2 is 1.74 bits per heavy atom. The van der Waals surface area contributed by atoms with Crippen LogP contribution in [-0.2, 0) is 0 Å². The van der Waals surface area contributed by atoms with Crippen molar-refractivity contribution in [1.82, 2.24) is 9.78 Å². The third-order valence-electron chi connectivity index (χ3n) is 3.64. The molecule has 0 bridgehead atoms. The topological polar surface area (TPSA) is 64.4 Å². The van der Waals surface area contributed by atoms with Crippen molar-refractivity contribution >= 4 is 5.97 Å². The van der Waals surface area contributed by atoms with Crippen molar-refractivity contribution in [2.24, 2.45) is 0 Å². The molecule has 5 heteroatoms. The van der Waals surface area contributed by atoms with Crippen LogP contribution in [0.1, 0.15) is 15.9 Å². The number of benzene rings is 2. The van der Waals surface area contributed by atoms with Gasteiger partial charge in [0.05, 0.1) is 24.1 Å². The van der Waals surface area contributed by atoms with Crippen molar-refractivity contribution in [3.63, 3.8) is 0 Å². The molecule has 0 spiro atoms. The summed E-state index contributed by atoms with van der Waals surface area (Å²) in [7, 11) is 1.63. The van der Waals surface area contributed by atoms with Gasteiger partial charge in [0, 0.05) is 11.8 Å². The quantitative estimate of drug-likeness (QED) is 0.800. The minimum absolute atomic E-state index is 0.257. The van der Waals surface area contributed by atoms with Gasteiger partial charge in [0.1, 0.15) is 5.75 Å². The maximum absolute atomic E-state index is 10.9. The number of ether oxygens (including phenoxy) is 1. The molecular weight excluding hydrogens is 292 g/mol. The van der Waals surface area contributed by atoms with E-state index in [1.807, 2.05) is 37.4 Å². The third-order valence-corrected chi connectivity index (χ3v) is 3.64. The van der Waals surface area contributed by atoms with Crippen molar-refractivity contribution in [2.75, 3.05) is 7.11 Å². The normalized spacial score (nSPS) is 10.5. The van der Waals surface area contributed by atoms with Crippen LogP contribution in [0.15, 0.2) is 54.7 Å². The molecule has 1 N–H and O–H groups in total. The first-order valence-corrected chi connectivity index (χ1v) is 7.13. The standard InChI is InChI=1S/C18H16N2O3/c1-12-11-20(15-7-3-14(4-8-15)18(21)22)19-17(12)13-5-9-16(23-2)10-6-13/h3-11H,1-2H3,(H,21,22). The molecule has 0 aliphatic rings. The van der Waals surface area contributed by atoms with Gasteiger partial charge in [0.25, 0.3) is 0 Å². The van der Waals surface area contributed by atoms with E-state index < -0.39 is 5.97 Å². The summed E-state index contributed by atoms with van der Waals surface area (Å²) in [5, 5.41) is 13.6. The molecule has 3 aromatic rings. The number of nitrogens with zero attached hydrogens (tertiary/aromatic N) is 2. The number of aromatic nitrogens is 2. The molecule has 116 valence electrons. The lowest BCUT2D eigenvalue weighted by molar-refractivity contribution is 0.0697. The highest BCUT2D eigenvalue weighted by atomic mass is 16.5. The molecule has 0 radical (unpaired) electrons. The Labute approximate surface area is 133 Å². The molecule has 0 fully saturated rings. The number of carbonyl (C=O) groups is 1. The average Bonchev–Trinajstić information content (AvgIpc) is 2.97. The number of hydrogen-bond donors (Lipinski definition) is 1. The van der Waals surface area contributed by atoms with Crippen LogP contribution in [0, 0.1) is 6.92 Å². The summed E-state index contributed by atoms with van der Waals surface area (Å²) >= 11 is 0. The van der Waals surface area contributed by atoms with Gasteiger partial charge < -0.3 is 9.84 Å². The van der Waals surface area contributed by atoms with E-state index in [2.05, 4.69) is 5.10 Å². The minimum Gasteiger partial charge on any atom is -0.497 e. The van der Waals surface area contributed by atoms with E-state index >= 15 is 0 Å². The van der Waals surface area contributed by atoms with Gasteiger partial charge in [-0.25, -0.2) is 9.48 Å². The molecular formula is C18H16N2O3. The molecule has 0 aliphatic heterocycles. The Hall–Kier alpha value is -3.08. The van der Waals surface area contributed by atoms with Crippen LogP contribution in [0.3, 0.4) is 0 Å². The summed E-state index contributed by atoms with van der Waals surface area (Å²) in [4.78, 5) is 10.9. The van der Waals surface area contributed by atoms with E-state index in [0.717, 1.165) is 28.3 Å². The fourth-order valence-electron chi connectivity index (χ4n) is 2.38. The van der Waals surface area contributed by atoms with Crippen LogP contribution in [0.4, 0.5) is 0 Å². The molecule has 0 atom stereocenters. The van der Waals surface area contributed by atoms with E-state index in [-0.39, 0.29) is 5.56 Å². The monoisotopic (exact) mass is 308 g/mol. The van der Waals surface area contributed by atoms with Gasteiger partial charge in [-0.05, 0) is 61.0 Å². The summed E-state index contributed by atoms with van der Waals surface area (Å²) < 4.78 is 6.92. The Morgan fingerprint density at radius 3 is 2.30 bits per heavy atom. The van der Waals surface area contributed by atoms with Gasteiger partial charge in [-0.2, -0.15) is 5.10 Å². The van der Waals surface area contributed by atoms with Crippen molar-refractivity contribution in [1.29, 1.82) is 0 Å². The second kappa shape index (κ2) is 5.96. The molecule has 0 aliphatic carbocycles. The molecule has 1 heterocycles. The molecule has 5 nitrogen and oxygen atoms in total. The second-order valence-electron chi connectivity index (χ2n) is 5.19. The summed E-state index contributed by atoms with van der Waals surface area (Å²) in [5.41, 5.74) is 4.00. The number of aromatic carboxylic acids is 1. The van der Waals surface area contributed by atoms with Crippen LogP contribution in [0.25, 0.3) is 16.9 Å². The van der Waals surface area contributed by atoms with E-state index in [9.17, 15) is 4.79 Å². The fraction of sp³-hybridized carbons (Fsp3) is 0.111. The zero-order chi connectivity index (χ0) is 16.4. The van der Waals surface area contributed by atoms with Crippen molar-refractivity contribution in [3.8, 4) is 22.7 Å². The number of carboxylic acid groups (broad SMARTS) is 1. The van der Waals surface area contributed by atoms with E-state index in [1.165, 1.54) is 0 Å². The average molecular weight is 308 g/mol. The van der Waals surface area contributed by atoms with Gasteiger partial charge in [-0.15, -0.1) is 0 Å². The number of carboxylic acids is 1. The predicted molar refractivity (Wildman–Crippen MR) is 87.2 cm³/mol. The van der Waals surface area contributed by atoms with Crippen LogP contribution >= 0.6 is 0 Å². The van der Waals surface area contributed by atoms with Crippen molar-refractivity contribution in [2.45, 2.75) is 6.92 Å². The summed E-state index contributed by atoms with van der Waals surface area (Å²) in [6, 6.07) is 14.4. The molecule has 0 unspecified atom stereocenters. The lowest BCUT2D eigenvalue weighted by Crippen LogP contribution is -1.98. The molecule has 2 aromatic carbocycles. The van der Waals surface area contributed by atoms with Gasteiger partial charge in [0.15, 0.2) is 0 Å². The molecule has 0 saturated heterocycles. The van der Waals surface area contributed by atoms with Crippen LogP contribution < -0.4 is 4.74 Å². The number of rotatable bonds is 4. The van der Waals surface area contributed by atoms with Crippen LogP contribution in [0.5, 0.6) is 5.75 Å². The molecule has 0 saturated carbocycles. The lowest BCUT2D eigenvalue weighted by Gasteiger charge is -2.03. The van der Waals surface area contributed by atoms with Gasteiger partial charge in [-0.3, -0.25) is 0 Å². The van der Waals surface area contributed by atoms with Crippen LogP contribution in [-0.4, -0.2) is 28.0 Å². The van der Waals surface area contributed by atoms with Crippen molar-refractivity contribution in [3.05, 3.63) is 65.9 Å². The first-order valence-electron chi connectivity index (χ1n) is 7.13. The minimum atomic E-state index is -0.938. The number of aryl methyl sites for hydroxylation is 1. The smallest absolute Gasteiger partial charge is 0.335 e. The maximum atomic E-state index is 10.9. The lowest BCUT2D eigenvalue weighted by atomic mass is 10.1. The molecule has 23 heavy (non-hydrogen) atoms. The highest BCUT2D eigenvalue weighted by molar-refractivity contribution is 5.87. The first-order chi connectivity index (χ1) is 11.1.